The molecule has 1 saturated carbocycles. The van der Waals surface area contributed by atoms with Gasteiger partial charge in [-0.05, 0) is 68.7 Å². The van der Waals surface area contributed by atoms with Gasteiger partial charge in [0.05, 0.1) is 12.3 Å². The number of benzene rings is 2. The molecule has 1 aliphatic carbocycles. The number of aromatic nitrogens is 4. The lowest BCUT2D eigenvalue weighted by molar-refractivity contribution is -0.119. The van der Waals surface area contributed by atoms with E-state index >= 15 is 0 Å². The van der Waals surface area contributed by atoms with Crippen LogP contribution in [0.3, 0.4) is 0 Å². The Morgan fingerprint density at radius 2 is 1.92 bits per heavy atom. The molecule has 1 spiro atoms. The maximum atomic E-state index is 14.4. The number of fused-ring (bicyclic) bond motifs is 1. The highest BCUT2D eigenvalue weighted by atomic mass is 19.1. The Bertz CT molecular complexity index is 1550. The number of halogens is 1. The van der Waals surface area contributed by atoms with Crippen molar-refractivity contribution in [2.75, 3.05) is 11.9 Å². The summed E-state index contributed by atoms with van der Waals surface area (Å²) in [5.41, 5.74) is 4.98. The van der Waals surface area contributed by atoms with Gasteiger partial charge < -0.3 is 15.4 Å². The summed E-state index contributed by atoms with van der Waals surface area (Å²) in [7, 11) is 1.66. The predicted octanol–water partition coefficient (Wildman–Crippen LogP) is 4.26. The zero-order valence-electron chi connectivity index (χ0n) is 21.9. The second-order valence-corrected chi connectivity index (χ2v) is 10.5. The van der Waals surface area contributed by atoms with Gasteiger partial charge in [0.2, 0.25) is 5.91 Å². The Morgan fingerprint density at radius 1 is 1.15 bits per heavy atom. The van der Waals surface area contributed by atoms with Crippen LogP contribution in [0, 0.1) is 25.1 Å². The van der Waals surface area contributed by atoms with E-state index in [1.54, 1.807) is 19.2 Å². The first-order valence-electron chi connectivity index (χ1n) is 12.9. The number of anilines is 1. The van der Waals surface area contributed by atoms with Crippen molar-refractivity contribution in [2.24, 2.45) is 12.5 Å². The maximum Gasteiger partial charge on any atom is 0.270 e. The number of hydrogen-bond acceptors (Lipinski definition) is 5. The highest BCUT2D eigenvalue weighted by Crippen LogP contribution is 2.61. The van der Waals surface area contributed by atoms with Gasteiger partial charge in [-0.3, -0.25) is 19.4 Å². The van der Waals surface area contributed by atoms with Gasteiger partial charge in [-0.2, -0.15) is 10.2 Å². The number of nitrogens with zero attached hydrogens (tertiary/aromatic N) is 3. The minimum absolute atomic E-state index is 0.319. The Morgan fingerprint density at radius 3 is 2.56 bits per heavy atom. The van der Waals surface area contributed by atoms with Gasteiger partial charge in [0.25, 0.3) is 5.91 Å². The van der Waals surface area contributed by atoms with Gasteiger partial charge >= 0.3 is 0 Å². The molecule has 2 aliphatic rings. The van der Waals surface area contributed by atoms with Gasteiger partial charge in [0.1, 0.15) is 23.3 Å². The first-order valence-corrected chi connectivity index (χ1v) is 12.9. The number of H-pyrrole nitrogens is 1. The predicted molar refractivity (Wildman–Crippen MR) is 143 cm³/mol. The van der Waals surface area contributed by atoms with Crippen molar-refractivity contribution in [1.82, 2.24) is 25.3 Å². The molecule has 2 aromatic carbocycles. The maximum absolute atomic E-state index is 14.4. The lowest BCUT2D eigenvalue weighted by Crippen LogP contribution is -2.52. The molecule has 2 aromatic heterocycles. The summed E-state index contributed by atoms with van der Waals surface area (Å²) in [6.45, 7) is 4.30. The Kier molecular flexibility index (Phi) is 5.97. The fourth-order valence-electron chi connectivity index (χ4n) is 5.71. The van der Waals surface area contributed by atoms with Crippen molar-refractivity contribution in [3.8, 4) is 16.9 Å². The van der Waals surface area contributed by atoms with Crippen molar-refractivity contribution >= 4 is 17.5 Å². The van der Waals surface area contributed by atoms with Crippen molar-refractivity contribution < 1.29 is 18.7 Å². The van der Waals surface area contributed by atoms with Gasteiger partial charge in [-0.25, -0.2) is 4.39 Å². The van der Waals surface area contributed by atoms with E-state index < -0.39 is 23.7 Å². The standard InChI is InChI=1S/C29H29FN6O3/c1-16-24(17(2)35-34-16)18-4-7-20(8-5-18)32-28(38)26(33-27(37)22-10-13-31-36(22)3)25-21-14-19(30)6-9-23(21)39-15-29(25)11-12-29/h4-10,13-14,25-26H,11-12,15H2,1-3H3,(H,32,38)(H,33,37)(H,34,35)/t25?,26-/m0/s1. The Balaban J connectivity index is 1.34. The summed E-state index contributed by atoms with van der Waals surface area (Å²) < 4.78 is 21.9. The van der Waals surface area contributed by atoms with Crippen LogP contribution in [0.2, 0.25) is 0 Å². The zero-order chi connectivity index (χ0) is 27.3. The Hall–Kier alpha value is -4.47. The van der Waals surface area contributed by atoms with Crippen LogP contribution in [0.15, 0.2) is 54.7 Å². The number of ether oxygens (including phenoxy) is 1. The summed E-state index contributed by atoms with van der Waals surface area (Å²) >= 11 is 0. The molecule has 10 heteroatoms. The molecule has 2 amide bonds. The minimum atomic E-state index is -0.975. The number of amides is 2. The second-order valence-electron chi connectivity index (χ2n) is 10.5. The minimum Gasteiger partial charge on any atom is -0.493 e. The first kappa shape index (κ1) is 24.8. The van der Waals surface area contributed by atoms with Gasteiger partial charge in [-0.1, -0.05) is 12.1 Å². The van der Waals surface area contributed by atoms with Gasteiger partial charge in [0, 0.05) is 47.1 Å². The Labute approximate surface area is 224 Å². The molecule has 39 heavy (non-hydrogen) atoms. The third kappa shape index (κ3) is 4.45. The molecule has 2 atom stereocenters. The van der Waals surface area contributed by atoms with Crippen molar-refractivity contribution in [1.29, 1.82) is 0 Å². The molecule has 3 heterocycles. The van der Waals surface area contributed by atoms with E-state index in [-0.39, 0.29) is 11.3 Å². The molecule has 0 saturated heterocycles. The first-order chi connectivity index (χ1) is 18.8. The zero-order valence-corrected chi connectivity index (χ0v) is 21.9. The highest BCUT2D eigenvalue weighted by Gasteiger charge is 2.58. The van der Waals surface area contributed by atoms with E-state index in [9.17, 15) is 14.0 Å². The fourth-order valence-corrected chi connectivity index (χ4v) is 5.71. The lowest BCUT2D eigenvalue weighted by Gasteiger charge is -2.38. The van der Waals surface area contributed by atoms with E-state index in [1.165, 1.54) is 23.0 Å². The average Bonchev–Trinajstić information content (AvgIpc) is 3.41. The monoisotopic (exact) mass is 528 g/mol. The summed E-state index contributed by atoms with van der Waals surface area (Å²) in [6.07, 6.45) is 3.16. The third-order valence-electron chi connectivity index (χ3n) is 7.90. The molecule has 1 fully saturated rings. The largest absolute Gasteiger partial charge is 0.493 e. The molecule has 9 nitrogen and oxygen atoms in total. The van der Waals surface area contributed by atoms with Crippen LogP contribution in [0.4, 0.5) is 10.1 Å². The van der Waals surface area contributed by atoms with Crippen LogP contribution in [0.25, 0.3) is 11.1 Å². The summed E-state index contributed by atoms with van der Waals surface area (Å²) in [6, 6.07) is 12.5. The number of carbonyl (C=O) groups is 2. The number of carbonyl (C=O) groups excluding carboxylic acids is 2. The topological polar surface area (TPSA) is 114 Å². The van der Waals surface area contributed by atoms with Crippen LogP contribution in [-0.4, -0.2) is 44.4 Å². The molecule has 4 aromatic rings. The van der Waals surface area contributed by atoms with E-state index in [2.05, 4.69) is 25.9 Å². The normalized spacial score (nSPS) is 17.7. The van der Waals surface area contributed by atoms with Crippen molar-refractivity contribution in [3.63, 3.8) is 0 Å². The quantitative estimate of drug-likeness (QED) is 0.346. The SMILES string of the molecule is Cc1n[nH]c(C)c1-c1ccc(NC(=O)[C@@H](NC(=O)c2ccnn2C)C2c3cc(F)ccc3OCC23CC3)cc1. The smallest absolute Gasteiger partial charge is 0.270 e. The highest BCUT2D eigenvalue weighted by molar-refractivity contribution is 6.01. The van der Waals surface area contributed by atoms with E-state index in [1.807, 2.05) is 38.1 Å². The molecule has 1 unspecified atom stereocenters. The van der Waals surface area contributed by atoms with Gasteiger partial charge in [0.15, 0.2) is 0 Å². The summed E-state index contributed by atoms with van der Waals surface area (Å²) in [4.78, 5) is 27.3. The van der Waals surface area contributed by atoms with Crippen LogP contribution in [0.5, 0.6) is 5.75 Å². The summed E-state index contributed by atoms with van der Waals surface area (Å²) in [5, 5.41) is 17.3. The van der Waals surface area contributed by atoms with Crippen molar-refractivity contribution in [2.45, 2.75) is 38.6 Å². The van der Waals surface area contributed by atoms with Crippen molar-refractivity contribution in [3.05, 3.63) is 83.2 Å². The van der Waals surface area contributed by atoms with Gasteiger partial charge in [-0.15, -0.1) is 0 Å². The summed E-state index contributed by atoms with van der Waals surface area (Å²) in [5.74, 6) is -1.18. The second kappa shape index (κ2) is 9.37. The number of aryl methyl sites for hydroxylation is 3. The lowest BCUT2D eigenvalue weighted by atomic mass is 9.75. The molecule has 3 N–H and O–H groups in total. The average molecular weight is 529 g/mol. The van der Waals surface area contributed by atoms with Crippen LogP contribution in [0.1, 0.15) is 46.2 Å². The fraction of sp³-hybridized carbons (Fsp3) is 0.310. The molecule has 1 aliphatic heterocycles. The number of aromatic amines is 1. The molecule has 6 rings (SSSR count). The van der Waals surface area contributed by atoms with E-state index in [4.69, 9.17) is 4.74 Å². The number of hydrogen-bond donors (Lipinski definition) is 3. The number of rotatable bonds is 6. The van der Waals surface area contributed by atoms with E-state index in [0.29, 0.717) is 29.3 Å². The van der Waals surface area contributed by atoms with Crippen LogP contribution < -0.4 is 15.4 Å². The van der Waals surface area contributed by atoms with E-state index in [0.717, 1.165) is 35.4 Å². The number of nitrogens with one attached hydrogen (secondary N) is 3. The molecular weight excluding hydrogens is 499 g/mol. The third-order valence-corrected chi connectivity index (χ3v) is 7.90. The molecular formula is C29H29FN6O3. The molecule has 200 valence electrons. The van der Waals surface area contributed by atoms with Crippen LogP contribution in [-0.2, 0) is 11.8 Å². The molecule has 0 radical (unpaired) electrons. The van der Waals surface area contributed by atoms with Crippen LogP contribution >= 0.6 is 0 Å². The molecule has 0 bridgehead atoms.